The Morgan fingerprint density at radius 1 is 0.643 bits per heavy atom. The molecular formula is C58H82N4O8. The average molecular weight is 963 g/mol. The third-order valence-electron chi connectivity index (χ3n) is 13.3. The van der Waals surface area contributed by atoms with Gasteiger partial charge in [-0.05, 0) is 40.1 Å². The summed E-state index contributed by atoms with van der Waals surface area (Å²) >= 11 is 0. The summed E-state index contributed by atoms with van der Waals surface area (Å²) in [6, 6.07) is 38.3. The lowest BCUT2D eigenvalue weighted by atomic mass is 9.90. The predicted octanol–water partition coefficient (Wildman–Crippen LogP) is 13.0. The second kappa shape index (κ2) is 33.1. The Morgan fingerprint density at radius 3 is 1.59 bits per heavy atom. The van der Waals surface area contributed by atoms with Crippen LogP contribution in [0.3, 0.4) is 0 Å². The predicted molar refractivity (Wildman–Crippen MR) is 276 cm³/mol. The Kier molecular flexibility index (Phi) is 26.6. The molecule has 0 amide bonds. The van der Waals surface area contributed by atoms with Gasteiger partial charge < -0.3 is 38.9 Å². The lowest BCUT2D eigenvalue weighted by Gasteiger charge is -2.45. The normalized spacial score (nSPS) is 19.8. The number of nitrogens with two attached hydrogens (primary N) is 1. The standard InChI is InChI=1S/C58H82N4O8/c1-5-6-7-8-9-10-11-12-13-14-15-28-37-51(64-38-46-29-20-16-21-30-46)55(66-40-48-33-24-18-25-34-48)50(61-62-60)42-69-58-56(67-41-49-35-26-19-27-36-49)54(65-39-47-31-22-17-23-32-47)45(4)52(70-58)43-68-57(63)53(59)44(2)3/h16-27,29-36,44-45,50-56,58H,5-15,28,37-43,59H2,1-4H3/t45-,50-,51+,52+,53-,54-,55-,56+,58-/m0/s1. The molecule has 1 fully saturated rings. The summed E-state index contributed by atoms with van der Waals surface area (Å²) in [6.07, 6.45) is 11.4. The monoisotopic (exact) mass is 963 g/mol. The third-order valence-corrected chi connectivity index (χ3v) is 13.3. The van der Waals surface area contributed by atoms with E-state index in [1.807, 2.05) is 142 Å². The Balaban J connectivity index is 1.40. The van der Waals surface area contributed by atoms with Crippen LogP contribution in [0.5, 0.6) is 0 Å². The van der Waals surface area contributed by atoms with Gasteiger partial charge in [0.2, 0.25) is 0 Å². The maximum Gasteiger partial charge on any atom is 0.323 e. The molecule has 1 heterocycles. The smallest absolute Gasteiger partial charge is 0.323 e. The van der Waals surface area contributed by atoms with Gasteiger partial charge in [-0.15, -0.1) is 0 Å². The van der Waals surface area contributed by atoms with E-state index in [1.165, 1.54) is 57.8 Å². The molecule has 1 saturated heterocycles. The lowest BCUT2D eigenvalue weighted by molar-refractivity contribution is -0.310. The van der Waals surface area contributed by atoms with E-state index in [9.17, 15) is 10.3 Å². The molecule has 0 radical (unpaired) electrons. The number of nitrogens with zero attached hydrogens (tertiary/aromatic N) is 3. The van der Waals surface area contributed by atoms with Crippen molar-refractivity contribution in [2.24, 2.45) is 22.7 Å². The number of unbranched alkanes of at least 4 members (excludes halogenated alkanes) is 11. The minimum atomic E-state index is -1.03. The molecule has 1 aliphatic rings. The fraction of sp³-hybridized carbons (Fsp3) is 0.569. The van der Waals surface area contributed by atoms with Crippen molar-refractivity contribution in [2.45, 2.75) is 186 Å². The number of esters is 1. The van der Waals surface area contributed by atoms with Crippen molar-refractivity contribution < 1.29 is 38.0 Å². The first-order valence-corrected chi connectivity index (χ1v) is 26.1. The fourth-order valence-electron chi connectivity index (χ4n) is 8.84. The first-order chi connectivity index (χ1) is 34.3. The van der Waals surface area contributed by atoms with Crippen LogP contribution in [0.25, 0.3) is 10.4 Å². The first kappa shape index (κ1) is 56.3. The summed E-state index contributed by atoms with van der Waals surface area (Å²) in [4.78, 5) is 16.5. The van der Waals surface area contributed by atoms with Gasteiger partial charge in [0.05, 0.1) is 57.4 Å². The molecule has 0 aliphatic carbocycles. The number of azide groups is 1. The lowest BCUT2D eigenvalue weighted by Crippen LogP contribution is -2.58. The van der Waals surface area contributed by atoms with Crippen LogP contribution in [-0.2, 0) is 64.4 Å². The van der Waals surface area contributed by atoms with Gasteiger partial charge in [-0.25, -0.2) is 0 Å². The molecule has 382 valence electrons. The van der Waals surface area contributed by atoms with E-state index in [4.69, 9.17) is 38.9 Å². The minimum absolute atomic E-state index is 0.0755. The van der Waals surface area contributed by atoms with E-state index in [1.54, 1.807) is 0 Å². The van der Waals surface area contributed by atoms with Crippen molar-refractivity contribution in [3.8, 4) is 0 Å². The van der Waals surface area contributed by atoms with Gasteiger partial charge in [0.15, 0.2) is 6.29 Å². The van der Waals surface area contributed by atoms with Gasteiger partial charge in [0, 0.05) is 10.8 Å². The number of ether oxygens (including phenoxy) is 7. The molecule has 70 heavy (non-hydrogen) atoms. The number of carbonyl (C=O) groups is 1. The number of benzene rings is 4. The van der Waals surface area contributed by atoms with Crippen LogP contribution in [-0.4, -0.2) is 68.1 Å². The molecule has 0 spiro atoms. The molecule has 12 nitrogen and oxygen atoms in total. The van der Waals surface area contributed by atoms with E-state index < -0.39 is 54.9 Å². The summed E-state index contributed by atoms with van der Waals surface area (Å²) in [5.74, 6) is -0.932. The molecule has 1 aliphatic heterocycles. The number of hydrogen-bond acceptors (Lipinski definition) is 10. The maximum atomic E-state index is 13.1. The van der Waals surface area contributed by atoms with Crippen molar-refractivity contribution in [1.82, 2.24) is 0 Å². The highest BCUT2D eigenvalue weighted by molar-refractivity contribution is 5.75. The summed E-state index contributed by atoms with van der Waals surface area (Å²) in [6.45, 7) is 9.05. The largest absolute Gasteiger partial charge is 0.462 e. The van der Waals surface area contributed by atoms with Gasteiger partial charge in [-0.3, -0.25) is 4.79 Å². The van der Waals surface area contributed by atoms with E-state index in [0.29, 0.717) is 19.6 Å². The van der Waals surface area contributed by atoms with Crippen LogP contribution in [0, 0.1) is 11.8 Å². The van der Waals surface area contributed by atoms with Crippen LogP contribution < -0.4 is 5.73 Å². The van der Waals surface area contributed by atoms with Crippen molar-refractivity contribution in [2.75, 3.05) is 13.2 Å². The van der Waals surface area contributed by atoms with Gasteiger partial charge in [0.1, 0.15) is 24.9 Å². The maximum absolute atomic E-state index is 13.1. The zero-order chi connectivity index (χ0) is 49.6. The van der Waals surface area contributed by atoms with Crippen molar-refractivity contribution >= 4 is 5.97 Å². The molecule has 0 saturated carbocycles. The van der Waals surface area contributed by atoms with Gasteiger partial charge in [-0.1, -0.05) is 231 Å². The van der Waals surface area contributed by atoms with Crippen molar-refractivity contribution in [3.05, 3.63) is 154 Å². The molecular weight excluding hydrogens is 881 g/mol. The summed E-state index contributed by atoms with van der Waals surface area (Å²) in [5, 5.41) is 4.39. The van der Waals surface area contributed by atoms with Crippen LogP contribution in [0.15, 0.2) is 126 Å². The van der Waals surface area contributed by atoms with Crippen LogP contribution >= 0.6 is 0 Å². The molecule has 0 aromatic heterocycles. The fourth-order valence-corrected chi connectivity index (χ4v) is 8.84. The molecule has 5 rings (SSSR count). The Morgan fingerprint density at radius 2 is 1.10 bits per heavy atom. The summed E-state index contributed by atoms with van der Waals surface area (Å²) < 4.78 is 46.6. The number of rotatable bonds is 35. The minimum Gasteiger partial charge on any atom is -0.462 e. The molecule has 0 bridgehead atoms. The van der Waals surface area contributed by atoms with E-state index in [0.717, 1.165) is 41.5 Å². The molecule has 12 heteroatoms. The van der Waals surface area contributed by atoms with Crippen LogP contribution in [0.1, 0.15) is 133 Å². The van der Waals surface area contributed by atoms with Gasteiger partial charge in [-0.2, -0.15) is 0 Å². The number of carbonyl (C=O) groups excluding carboxylic acids is 1. The second-order valence-corrected chi connectivity index (χ2v) is 19.2. The highest BCUT2D eigenvalue weighted by Gasteiger charge is 2.47. The average Bonchev–Trinajstić information content (AvgIpc) is 3.39. The van der Waals surface area contributed by atoms with Crippen molar-refractivity contribution in [3.63, 3.8) is 0 Å². The molecule has 0 unspecified atom stereocenters. The summed E-state index contributed by atoms with van der Waals surface area (Å²) in [7, 11) is 0. The zero-order valence-electron chi connectivity index (χ0n) is 42.4. The Hall–Kier alpha value is -4.62. The van der Waals surface area contributed by atoms with E-state index in [-0.39, 0.29) is 38.3 Å². The Labute approximate surface area is 418 Å². The third kappa shape index (κ3) is 20.2. The van der Waals surface area contributed by atoms with Crippen molar-refractivity contribution in [1.29, 1.82) is 0 Å². The highest BCUT2D eigenvalue weighted by Crippen LogP contribution is 2.34. The highest BCUT2D eigenvalue weighted by atomic mass is 16.7. The van der Waals surface area contributed by atoms with Gasteiger partial charge >= 0.3 is 5.97 Å². The van der Waals surface area contributed by atoms with Crippen LogP contribution in [0.4, 0.5) is 0 Å². The molecule has 4 aromatic carbocycles. The molecule has 2 N–H and O–H groups in total. The SMILES string of the molecule is CCCCCCCCCCCCCC[C@@H](OCc1ccccc1)[C@@H](OCc1ccccc1)[C@H](CO[C@H]1O[C@H](COC(=O)[C@@H](N)C(C)C)[C@H](C)[C@H](OCc2ccccc2)[C@H]1OCc1ccccc1)N=[N+]=[N-]. The molecule has 4 aromatic rings. The topological polar surface area (TPSA) is 156 Å². The zero-order valence-corrected chi connectivity index (χ0v) is 42.4. The van der Waals surface area contributed by atoms with E-state index in [2.05, 4.69) is 16.9 Å². The summed E-state index contributed by atoms with van der Waals surface area (Å²) in [5.41, 5.74) is 20.4. The Bertz CT molecular complexity index is 2010. The molecule has 9 atom stereocenters. The number of hydrogen-bond donors (Lipinski definition) is 1. The second-order valence-electron chi connectivity index (χ2n) is 19.2. The first-order valence-electron chi connectivity index (χ1n) is 26.1. The van der Waals surface area contributed by atoms with Gasteiger partial charge in [0.25, 0.3) is 0 Å². The van der Waals surface area contributed by atoms with E-state index >= 15 is 0 Å². The quantitative estimate of drug-likeness (QED) is 0.0156. The van der Waals surface area contributed by atoms with Crippen LogP contribution in [0.2, 0.25) is 0 Å².